The summed E-state index contributed by atoms with van der Waals surface area (Å²) in [6.07, 6.45) is 0.865. The number of carbonyl (C=O) groups excluding carboxylic acids is 2. The first-order chi connectivity index (χ1) is 10.2. The molecule has 0 fully saturated rings. The average molecular weight is 284 g/mol. The first-order valence-corrected chi connectivity index (χ1v) is 6.58. The number of aryl methyl sites for hydroxylation is 1. The number of carbonyl (C=O) groups is 2. The van der Waals surface area contributed by atoms with Gasteiger partial charge in [0.1, 0.15) is 5.75 Å². The molecule has 3 N–H and O–H groups in total. The third-order valence-corrected chi connectivity index (χ3v) is 2.95. The maximum Gasteiger partial charge on any atom is 0.273 e. The number of nitrogens with one attached hydrogen (secondary N) is 2. The van der Waals surface area contributed by atoms with Crippen molar-refractivity contribution in [2.24, 2.45) is 0 Å². The molecule has 0 saturated carbocycles. The van der Waals surface area contributed by atoms with Crippen LogP contribution in [-0.4, -0.2) is 16.9 Å². The molecule has 21 heavy (non-hydrogen) atoms. The summed E-state index contributed by atoms with van der Waals surface area (Å²) >= 11 is 0. The molecule has 0 heterocycles. The molecule has 108 valence electrons. The Hall–Kier alpha value is -2.82. The third kappa shape index (κ3) is 4.35. The Morgan fingerprint density at radius 1 is 0.905 bits per heavy atom. The Morgan fingerprint density at radius 3 is 2.29 bits per heavy atom. The number of rotatable bonds is 4. The molecule has 5 nitrogen and oxygen atoms in total. The Labute approximate surface area is 122 Å². The molecule has 0 aliphatic carbocycles. The highest BCUT2D eigenvalue weighted by molar-refractivity contribution is 5.97. The van der Waals surface area contributed by atoms with Crippen molar-refractivity contribution in [1.29, 1.82) is 0 Å². The number of para-hydroxylation sites is 1. The monoisotopic (exact) mass is 284 g/mol. The van der Waals surface area contributed by atoms with Crippen LogP contribution in [0, 0.1) is 0 Å². The minimum absolute atomic E-state index is 0.112. The molecular weight excluding hydrogens is 268 g/mol. The van der Waals surface area contributed by atoms with Crippen LogP contribution in [0.25, 0.3) is 0 Å². The van der Waals surface area contributed by atoms with Gasteiger partial charge in [-0.05, 0) is 24.1 Å². The molecule has 0 atom stereocenters. The summed E-state index contributed by atoms with van der Waals surface area (Å²) in [7, 11) is 0. The SMILES string of the molecule is O=C(CCc1ccccc1)NNC(=O)c1ccccc1O. The smallest absolute Gasteiger partial charge is 0.273 e. The fourth-order valence-electron chi connectivity index (χ4n) is 1.82. The van der Waals surface area contributed by atoms with E-state index >= 15 is 0 Å². The quantitative estimate of drug-likeness (QED) is 0.749. The van der Waals surface area contributed by atoms with E-state index in [0.29, 0.717) is 6.42 Å². The van der Waals surface area contributed by atoms with Gasteiger partial charge in [0.05, 0.1) is 5.56 Å². The van der Waals surface area contributed by atoms with Crippen LogP contribution >= 0.6 is 0 Å². The molecule has 2 rings (SSSR count). The van der Waals surface area contributed by atoms with Crippen molar-refractivity contribution in [1.82, 2.24) is 10.9 Å². The summed E-state index contributed by atoms with van der Waals surface area (Å²) in [6, 6.07) is 15.7. The van der Waals surface area contributed by atoms with E-state index in [1.54, 1.807) is 12.1 Å². The van der Waals surface area contributed by atoms with Gasteiger partial charge in [-0.3, -0.25) is 20.4 Å². The van der Waals surface area contributed by atoms with Gasteiger partial charge in [0.25, 0.3) is 5.91 Å². The highest BCUT2D eigenvalue weighted by Crippen LogP contribution is 2.14. The largest absolute Gasteiger partial charge is 0.507 e. The molecular formula is C16H16N2O3. The molecule has 2 amide bonds. The van der Waals surface area contributed by atoms with E-state index in [0.717, 1.165) is 5.56 Å². The van der Waals surface area contributed by atoms with Gasteiger partial charge in [0.2, 0.25) is 5.91 Å². The number of hydrogen-bond donors (Lipinski definition) is 3. The number of hydrogen-bond acceptors (Lipinski definition) is 3. The third-order valence-electron chi connectivity index (χ3n) is 2.95. The van der Waals surface area contributed by atoms with Crippen molar-refractivity contribution in [3.63, 3.8) is 0 Å². The van der Waals surface area contributed by atoms with Crippen molar-refractivity contribution < 1.29 is 14.7 Å². The highest BCUT2D eigenvalue weighted by atomic mass is 16.3. The zero-order valence-electron chi connectivity index (χ0n) is 11.4. The highest BCUT2D eigenvalue weighted by Gasteiger charge is 2.10. The van der Waals surface area contributed by atoms with E-state index in [2.05, 4.69) is 10.9 Å². The molecule has 0 aliphatic heterocycles. The Kier molecular flexibility index (Phi) is 4.93. The molecule has 0 aliphatic rings. The van der Waals surface area contributed by atoms with Crippen LogP contribution in [0.3, 0.4) is 0 Å². The molecule has 2 aromatic rings. The van der Waals surface area contributed by atoms with Crippen LogP contribution in [-0.2, 0) is 11.2 Å². The first kappa shape index (κ1) is 14.6. The van der Waals surface area contributed by atoms with Gasteiger partial charge in [-0.15, -0.1) is 0 Å². The Bertz CT molecular complexity index is 626. The Balaban J connectivity index is 1.79. The molecule has 0 unspecified atom stereocenters. The van der Waals surface area contributed by atoms with Crippen molar-refractivity contribution in [2.75, 3.05) is 0 Å². The van der Waals surface area contributed by atoms with E-state index in [1.807, 2.05) is 30.3 Å². The summed E-state index contributed by atoms with van der Waals surface area (Å²) in [5, 5.41) is 9.52. The van der Waals surface area contributed by atoms with Crippen LogP contribution in [0.5, 0.6) is 5.75 Å². The number of phenolic OH excluding ortho intramolecular Hbond substituents is 1. The van der Waals surface area contributed by atoms with Crippen LogP contribution in [0.2, 0.25) is 0 Å². The van der Waals surface area contributed by atoms with E-state index in [1.165, 1.54) is 12.1 Å². The van der Waals surface area contributed by atoms with Gasteiger partial charge in [0.15, 0.2) is 0 Å². The van der Waals surface area contributed by atoms with Gasteiger partial charge < -0.3 is 5.11 Å². The first-order valence-electron chi connectivity index (χ1n) is 6.58. The van der Waals surface area contributed by atoms with E-state index in [9.17, 15) is 14.7 Å². The average Bonchev–Trinajstić information content (AvgIpc) is 2.52. The fraction of sp³-hybridized carbons (Fsp3) is 0.125. The van der Waals surface area contributed by atoms with Gasteiger partial charge >= 0.3 is 0 Å². The second-order valence-electron chi connectivity index (χ2n) is 4.51. The molecule has 0 spiro atoms. The van der Waals surface area contributed by atoms with Gasteiger partial charge in [-0.25, -0.2) is 0 Å². The minimum atomic E-state index is -0.554. The molecule has 0 saturated heterocycles. The van der Waals surface area contributed by atoms with Crippen molar-refractivity contribution in [2.45, 2.75) is 12.8 Å². The summed E-state index contributed by atoms with van der Waals surface area (Å²) < 4.78 is 0. The molecule has 0 aromatic heterocycles. The number of phenols is 1. The van der Waals surface area contributed by atoms with Crippen LogP contribution in [0.1, 0.15) is 22.3 Å². The lowest BCUT2D eigenvalue weighted by atomic mass is 10.1. The predicted octanol–water partition coefficient (Wildman–Crippen LogP) is 1.79. The summed E-state index contributed by atoms with van der Waals surface area (Å²) in [4.78, 5) is 23.4. The van der Waals surface area contributed by atoms with Crippen LogP contribution in [0.4, 0.5) is 0 Å². The maximum atomic E-state index is 11.8. The van der Waals surface area contributed by atoms with E-state index < -0.39 is 5.91 Å². The molecule has 5 heteroatoms. The minimum Gasteiger partial charge on any atom is -0.507 e. The van der Waals surface area contributed by atoms with Crippen molar-refractivity contribution in [3.8, 4) is 5.75 Å². The fourth-order valence-corrected chi connectivity index (χ4v) is 1.82. The number of aromatic hydroxyl groups is 1. The van der Waals surface area contributed by atoms with Gasteiger partial charge in [0, 0.05) is 6.42 Å². The topological polar surface area (TPSA) is 78.4 Å². The zero-order chi connectivity index (χ0) is 15.1. The lowest BCUT2D eigenvalue weighted by Crippen LogP contribution is -2.41. The summed E-state index contributed by atoms with van der Waals surface area (Å²) in [6.45, 7) is 0. The van der Waals surface area contributed by atoms with Gasteiger partial charge in [-0.1, -0.05) is 42.5 Å². The summed E-state index contributed by atoms with van der Waals surface area (Å²) in [5.74, 6) is -0.975. The van der Waals surface area contributed by atoms with E-state index in [-0.39, 0.29) is 23.6 Å². The lowest BCUT2D eigenvalue weighted by molar-refractivity contribution is -0.121. The van der Waals surface area contributed by atoms with E-state index in [4.69, 9.17) is 0 Å². The normalized spacial score (nSPS) is 9.90. The second-order valence-corrected chi connectivity index (χ2v) is 4.51. The molecule has 0 bridgehead atoms. The standard InChI is InChI=1S/C16H16N2O3/c19-14-9-5-4-8-13(14)16(21)18-17-15(20)11-10-12-6-2-1-3-7-12/h1-9,19H,10-11H2,(H,17,20)(H,18,21). The number of benzene rings is 2. The second kappa shape index (κ2) is 7.09. The maximum absolute atomic E-state index is 11.8. The van der Waals surface area contributed by atoms with Crippen LogP contribution in [0.15, 0.2) is 54.6 Å². The van der Waals surface area contributed by atoms with Crippen molar-refractivity contribution in [3.05, 3.63) is 65.7 Å². The number of amides is 2. The molecule has 0 radical (unpaired) electrons. The zero-order valence-corrected chi connectivity index (χ0v) is 11.4. The van der Waals surface area contributed by atoms with Crippen molar-refractivity contribution >= 4 is 11.8 Å². The lowest BCUT2D eigenvalue weighted by Gasteiger charge is -2.08. The van der Waals surface area contributed by atoms with Crippen LogP contribution < -0.4 is 10.9 Å². The predicted molar refractivity (Wildman–Crippen MR) is 78.5 cm³/mol. The number of hydrazine groups is 1. The summed E-state index contributed by atoms with van der Waals surface area (Å²) in [5.41, 5.74) is 5.77. The molecule has 2 aromatic carbocycles. The Morgan fingerprint density at radius 2 is 1.57 bits per heavy atom. The van der Waals surface area contributed by atoms with Gasteiger partial charge in [-0.2, -0.15) is 0 Å².